The predicted molar refractivity (Wildman–Crippen MR) is 83.1 cm³/mol. The molecule has 0 saturated heterocycles. The largest absolute Gasteiger partial charge is 0.322 e. The summed E-state index contributed by atoms with van der Waals surface area (Å²) in [5.74, 6) is -1.64. The zero-order chi connectivity index (χ0) is 16.8. The number of ketones is 1. The number of Topliss-reactive ketones (excluding diaryl/α,β-unsaturated/α-hetero) is 1. The van der Waals surface area contributed by atoms with E-state index in [2.05, 4.69) is 10.6 Å². The normalized spacial score (nSPS) is 10.4. The Morgan fingerprint density at radius 1 is 1.09 bits per heavy atom. The number of carbonyl (C=O) groups excluding carboxylic acids is 2. The molecule has 120 valence electrons. The number of halogens is 2. The smallest absolute Gasteiger partial charge is 0.238 e. The quantitative estimate of drug-likeness (QED) is 0.805. The van der Waals surface area contributed by atoms with E-state index >= 15 is 0 Å². The molecule has 0 bridgehead atoms. The lowest BCUT2D eigenvalue weighted by Gasteiger charge is -2.09. The van der Waals surface area contributed by atoms with Crippen LogP contribution in [0.4, 0.5) is 14.5 Å². The third kappa shape index (κ3) is 4.96. The van der Waals surface area contributed by atoms with Crippen LogP contribution in [0.1, 0.15) is 22.8 Å². The van der Waals surface area contributed by atoms with Gasteiger partial charge in [0.25, 0.3) is 0 Å². The van der Waals surface area contributed by atoms with Crippen molar-refractivity contribution in [2.75, 3.05) is 11.9 Å². The number of amides is 1. The van der Waals surface area contributed by atoms with Crippen molar-refractivity contribution in [2.45, 2.75) is 13.5 Å². The Labute approximate surface area is 132 Å². The molecule has 0 fully saturated rings. The van der Waals surface area contributed by atoms with Crippen molar-refractivity contribution >= 4 is 17.4 Å². The highest BCUT2D eigenvalue weighted by Gasteiger charge is 2.09. The van der Waals surface area contributed by atoms with E-state index in [4.69, 9.17) is 0 Å². The summed E-state index contributed by atoms with van der Waals surface area (Å²) >= 11 is 0. The van der Waals surface area contributed by atoms with Crippen LogP contribution in [0.25, 0.3) is 0 Å². The van der Waals surface area contributed by atoms with Gasteiger partial charge in [-0.15, -0.1) is 0 Å². The van der Waals surface area contributed by atoms with Crippen molar-refractivity contribution in [1.29, 1.82) is 0 Å². The summed E-state index contributed by atoms with van der Waals surface area (Å²) in [6.45, 7) is 1.60. The maximum absolute atomic E-state index is 13.6. The van der Waals surface area contributed by atoms with Crippen molar-refractivity contribution in [3.63, 3.8) is 0 Å². The number of carbonyl (C=O) groups is 2. The highest BCUT2D eigenvalue weighted by Crippen LogP contribution is 2.16. The summed E-state index contributed by atoms with van der Waals surface area (Å²) in [6.07, 6.45) is 0. The molecule has 6 heteroatoms. The van der Waals surface area contributed by atoms with Crippen LogP contribution >= 0.6 is 0 Å². The minimum atomic E-state index is -0.617. The zero-order valence-corrected chi connectivity index (χ0v) is 12.5. The number of benzene rings is 2. The van der Waals surface area contributed by atoms with E-state index in [9.17, 15) is 18.4 Å². The van der Waals surface area contributed by atoms with E-state index in [1.54, 1.807) is 12.1 Å². The first-order valence-electron chi connectivity index (χ1n) is 7.01. The van der Waals surface area contributed by atoms with Crippen molar-refractivity contribution in [3.05, 3.63) is 65.2 Å². The molecule has 2 aromatic rings. The van der Waals surface area contributed by atoms with Gasteiger partial charge < -0.3 is 10.6 Å². The Morgan fingerprint density at radius 2 is 1.87 bits per heavy atom. The van der Waals surface area contributed by atoms with Crippen LogP contribution in [0.3, 0.4) is 0 Å². The first kappa shape index (κ1) is 16.8. The summed E-state index contributed by atoms with van der Waals surface area (Å²) in [5, 5.41) is 5.24. The molecule has 2 N–H and O–H groups in total. The fraction of sp³-hybridized carbons (Fsp3) is 0.176. The molecule has 0 heterocycles. The first-order chi connectivity index (χ1) is 11.0. The number of rotatable bonds is 6. The molecule has 2 aromatic carbocycles. The highest BCUT2D eigenvalue weighted by molar-refractivity contribution is 5.97. The van der Waals surface area contributed by atoms with Crippen LogP contribution in [0, 0.1) is 11.6 Å². The predicted octanol–water partition coefficient (Wildman–Crippen LogP) is 2.90. The van der Waals surface area contributed by atoms with Gasteiger partial charge in [-0.3, -0.25) is 9.59 Å². The Bertz CT molecular complexity index is 732. The third-order valence-corrected chi connectivity index (χ3v) is 3.15. The number of hydrogen-bond donors (Lipinski definition) is 2. The van der Waals surface area contributed by atoms with Gasteiger partial charge in [0.2, 0.25) is 5.91 Å². The molecule has 0 saturated carbocycles. The lowest BCUT2D eigenvalue weighted by molar-refractivity contribution is -0.115. The summed E-state index contributed by atoms with van der Waals surface area (Å²) in [7, 11) is 0. The van der Waals surface area contributed by atoms with Gasteiger partial charge in [-0.2, -0.15) is 0 Å². The maximum atomic E-state index is 13.6. The third-order valence-electron chi connectivity index (χ3n) is 3.15. The molecular weight excluding hydrogens is 302 g/mol. The molecule has 2 rings (SSSR count). The monoisotopic (exact) mass is 318 g/mol. The molecule has 0 aromatic heterocycles. The van der Waals surface area contributed by atoms with Gasteiger partial charge in [0, 0.05) is 12.1 Å². The summed E-state index contributed by atoms with van der Waals surface area (Å²) in [6, 6.07) is 9.78. The van der Waals surface area contributed by atoms with Gasteiger partial charge in [0.15, 0.2) is 5.78 Å². The molecule has 1 amide bonds. The van der Waals surface area contributed by atoms with Crippen LogP contribution in [-0.4, -0.2) is 18.2 Å². The summed E-state index contributed by atoms with van der Waals surface area (Å²) in [5.41, 5.74) is 0.965. The van der Waals surface area contributed by atoms with E-state index in [0.717, 1.165) is 6.07 Å². The van der Waals surface area contributed by atoms with Gasteiger partial charge >= 0.3 is 0 Å². The molecule has 0 unspecified atom stereocenters. The molecule has 0 aliphatic heterocycles. The van der Waals surface area contributed by atoms with Crippen molar-refractivity contribution in [3.8, 4) is 0 Å². The fourth-order valence-electron chi connectivity index (χ4n) is 2.00. The molecule has 0 radical (unpaired) electrons. The van der Waals surface area contributed by atoms with Gasteiger partial charge in [-0.1, -0.05) is 12.1 Å². The Kier molecular flexibility index (Phi) is 5.54. The summed E-state index contributed by atoms with van der Waals surface area (Å²) < 4.78 is 26.6. The van der Waals surface area contributed by atoms with Crippen molar-refractivity contribution in [1.82, 2.24) is 5.32 Å². The van der Waals surface area contributed by atoms with Crippen molar-refractivity contribution < 1.29 is 18.4 Å². The Morgan fingerprint density at radius 3 is 2.57 bits per heavy atom. The minimum Gasteiger partial charge on any atom is -0.322 e. The molecule has 23 heavy (non-hydrogen) atoms. The van der Waals surface area contributed by atoms with E-state index < -0.39 is 11.7 Å². The SMILES string of the molecule is CC(=O)c1ccc(F)c(NC(=O)CNCc2cccc(F)c2)c1. The fourth-order valence-corrected chi connectivity index (χ4v) is 2.00. The topological polar surface area (TPSA) is 58.2 Å². The van der Waals surface area contributed by atoms with Gasteiger partial charge in [-0.25, -0.2) is 8.78 Å². The van der Waals surface area contributed by atoms with E-state index in [-0.39, 0.29) is 23.8 Å². The zero-order valence-electron chi connectivity index (χ0n) is 12.5. The van der Waals surface area contributed by atoms with E-state index in [1.807, 2.05) is 0 Å². The van der Waals surface area contributed by atoms with Gasteiger partial charge in [-0.05, 0) is 42.8 Å². The Balaban J connectivity index is 1.90. The van der Waals surface area contributed by atoms with Gasteiger partial charge in [0.1, 0.15) is 11.6 Å². The lowest BCUT2D eigenvalue weighted by Crippen LogP contribution is -2.28. The van der Waals surface area contributed by atoms with Crippen LogP contribution in [0.15, 0.2) is 42.5 Å². The average molecular weight is 318 g/mol. The second-order valence-corrected chi connectivity index (χ2v) is 5.03. The highest BCUT2D eigenvalue weighted by atomic mass is 19.1. The van der Waals surface area contributed by atoms with Gasteiger partial charge in [0.05, 0.1) is 12.2 Å². The first-order valence-corrected chi connectivity index (χ1v) is 7.01. The minimum absolute atomic E-state index is 0.0461. The number of nitrogens with one attached hydrogen (secondary N) is 2. The van der Waals surface area contributed by atoms with Crippen LogP contribution in [0.5, 0.6) is 0 Å². The molecule has 4 nitrogen and oxygen atoms in total. The van der Waals surface area contributed by atoms with Crippen molar-refractivity contribution in [2.24, 2.45) is 0 Å². The molecular formula is C17H16F2N2O2. The lowest BCUT2D eigenvalue weighted by atomic mass is 10.1. The standard InChI is InChI=1S/C17H16F2N2O2/c1-11(22)13-5-6-15(19)16(8-13)21-17(23)10-20-9-12-3-2-4-14(18)7-12/h2-8,20H,9-10H2,1H3,(H,21,23). The second kappa shape index (κ2) is 7.60. The number of hydrogen-bond acceptors (Lipinski definition) is 3. The van der Waals surface area contributed by atoms with Crippen LogP contribution in [-0.2, 0) is 11.3 Å². The molecule has 0 spiro atoms. The summed E-state index contributed by atoms with van der Waals surface area (Å²) in [4.78, 5) is 23.1. The average Bonchev–Trinajstić information content (AvgIpc) is 2.49. The maximum Gasteiger partial charge on any atom is 0.238 e. The molecule has 0 atom stereocenters. The van der Waals surface area contributed by atoms with E-state index in [1.165, 1.54) is 31.2 Å². The Hall–Kier alpha value is -2.60. The molecule has 0 aliphatic carbocycles. The molecule has 0 aliphatic rings. The van der Waals surface area contributed by atoms with Crippen LogP contribution < -0.4 is 10.6 Å². The van der Waals surface area contributed by atoms with Crippen LogP contribution in [0.2, 0.25) is 0 Å². The second-order valence-electron chi connectivity index (χ2n) is 5.03. The number of anilines is 1. The van der Waals surface area contributed by atoms with E-state index in [0.29, 0.717) is 17.7 Å².